The van der Waals surface area contributed by atoms with Crippen molar-refractivity contribution < 1.29 is 42.5 Å². The third-order valence-electron chi connectivity index (χ3n) is 4.80. The second kappa shape index (κ2) is 11.3. The molecule has 1 aromatic carbocycles. The minimum absolute atomic E-state index is 0.0356. The molecule has 3 rings (SSSR count). The number of benzene rings is 1. The first-order valence-corrected chi connectivity index (χ1v) is 11.5. The van der Waals surface area contributed by atoms with Gasteiger partial charge in [0.2, 0.25) is 5.76 Å². The van der Waals surface area contributed by atoms with Gasteiger partial charge in [-0.25, -0.2) is 14.4 Å². The van der Waals surface area contributed by atoms with E-state index in [9.17, 15) is 19.2 Å². The molecule has 1 fully saturated rings. The summed E-state index contributed by atoms with van der Waals surface area (Å²) in [5.41, 5.74) is 0.597. The average molecular weight is 598 g/mol. The van der Waals surface area contributed by atoms with Gasteiger partial charge in [0.05, 0.1) is 30.9 Å². The van der Waals surface area contributed by atoms with Crippen LogP contribution in [-0.4, -0.2) is 55.7 Å². The molecule has 0 spiro atoms. The lowest BCUT2D eigenvalue weighted by Crippen LogP contribution is -2.30. The smallest absolute Gasteiger partial charge is 0.373 e. The van der Waals surface area contributed by atoms with E-state index in [1.807, 2.05) is 22.6 Å². The number of hydrogen-bond acceptors (Lipinski definition) is 9. The highest BCUT2D eigenvalue weighted by Crippen LogP contribution is 2.35. The molecule has 11 nitrogen and oxygen atoms in total. The van der Waals surface area contributed by atoms with Crippen LogP contribution in [0.2, 0.25) is 0 Å². The number of esters is 2. The first kappa shape index (κ1) is 26.1. The summed E-state index contributed by atoms with van der Waals surface area (Å²) < 4.78 is 26.6. The van der Waals surface area contributed by atoms with E-state index < -0.39 is 30.0 Å². The van der Waals surface area contributed by atoms with Crippen LogP contribution in [0.3, 0.4) is 0 Å². The number of nitrogens with one attached hydrogen (secondary N) is 1. The van der Waals surface area contributed by atoms with Crippen molar-refractivity contribution in [2.45, 2.75) is 26.5 Å². The van der Waals surface area contributed by atoms with Crippen LogP contribution < -0.4 is 14.8 Å². The first-order valence-electron chi connectivity index (χ1n) is 10.4. The molecule has 1 aromatic heterocycles. The number of carbonyl (C=O) groups excluding carboxylic acids is 4. The van der Waals surface area contributed by atoms with Gasteiger partial charge in [0.25, 0.3) is 5.91 Å². The van der Waals surface area contributed by atoms with Crippen molar-refractivity contribution in [2.75, 3.05) is 20.8 Å². The van der Waals surface area contributed by atoms with Gasteiger partial charge in [0.1, 0.15) is 11.5 Å². The van der Waals surface area contributed by atoms with Crippen molar-refractivity contribution >= 4 is 52.5 Å². The molecule has 0 aliphatic carbocycles. The van der Waals surface area contributed by atoms with E-state index >= 15 is 0 Å². The zero-order valence-electron chi connectivity index (χ0n) is 19.4. The highest BCUT2D eigenvalue weighted by molar-refractivity contribution is 14.1. The fourth-order valence-electron chi connectivity index (χ4n) is 3.13. The van der Waals surface area contributed by atoms with Crippen molar-refractivity contribution in [2.24, 2.45) is 0 Å². The van der Waals surface area contributed by atoms with E-state index in [-0.39, 0.29) is 30.4 Å². The Morgan fingerprint density at radius 1 is 1.23 bits per heavy atom. The van der Waals surface area contributed by atoms with Crippen molar-refractivity contribution in [1.29, 1.82) is 0 Å². The van der Waals surface area contributed by atoms with Crippen molar-refractivity contribution in [1.82, 2.24) is 10.2 Å². The minimum atomic E-state index is -0.855. The zero-order chi connectivity index (χ0) is 25.7. The molecule has 1 aliphatic rings. The summed E-state index contributed by atoms with van der Waals surface area (Å²) in [5, 5.41) is 2.53. The summed E-state index contributed by atoms with van der Waals surface area (Å²) in [4.78, 5) is 49.7. The Bertz CT molecular complexity index is 1190. The van der Waals surface area contributed by atoms with Crippen molar-refractivity contribution in [3.05, 3.63) is 50.6 Å². The summed E-state index contributed by atoms with van der Waals surface area (Å²) in [7, 11) is 2.66. The van der Waals surface area contributed by atoms with Crippen LogP contribution in [0, 0.1) is 3.57 Å². The van der Waals surface area contributed by atoms with Gasteiger partial charge in [-0.2, -0.15) is 0 Å². The van der Waals surface area contributed by atoms with Crippen LogP contribution in [0.5, 0.6) is 11.5 Å². The molecule has 0 unspecified atom stereocenters. The predicted molar refractivity (Wildman–Crippen MR) is 130 cm³/mol. The Hall–Kier alpha value is -3.55. The van der Waals surface area contributed by atoms with Gasteiger partial charge in [-0.3, -0.25) is 9.69 Å². The van der Waals surface area contributed by atoms with E-state index in [2.05, 4.69) is 10.1 Å². The number of urea groups is 1. The number of carbonyl (C=O) groups is 4. The molecule has 12 heteroatoms. The largest absolute Gasteiger partial charge is 0.493 e. The predicted octanol–water partition coefficient (Wildman–Crippen LogP) is 3.10. The molecule has 0 radical (unpaired) electrons. The quantitative estimate of drug-likeness (QED) is 0.200. The normalized spacial score (nSPS) is 15.1. The molecule has 2 heterocycles. The molecule has 1 aliphatic heterocycles. The monoisotopic (exact) mass is 598 g/mol. The number of imide groups is 1. The molecule has 186 valence electrons. The number of furan rings is 1. The second-order valence-corrected chi connectivity index (χ2v) is 8.35. The van der Waals surface area contributed by atoms with Gasteiger partial charge in [-0.1, -0.05) is 0 Å². The Kier molecular flexibility index (Phi) is 8.38. The minimum Gasteiger partial charge on any atom is -0.493 e. The summed E-state index contributed by atoms with van der Waals surface area (Å²) in [5.74, 6) is -0.864. The highest BCUT2D eigenvalue weighted by Gasteiger charge is 2.34. The maximum absolute atomic E-state index is 12.8. The molecular weight excluding hydrogens is 575 g/mol. The Morgan fingerprint density at radius 2 is 1.97 bits per heavy atom. The van der Waals surface area contributed by atoms with Gasteiger partial charge in [0.15, 0.2) is 17.6 Å². The molecule has 1 atom stereocenters. The van der Waals surface area contributed by atoms with Crippen LogP contribution in [0.4, 0.5) is 4.79 Å². The highest BCUT2D eigenvalue weighted by atomic mass is 127. The van der Waals surface area contributed by atoms with Crippen LogP contribution in [0.15, 0.2) is 34.4 Å². The van der Waals surface area contributed by atoms with Gasteiger partial charge in [0, 0.05) is 0 Å². The van der Waals surface area contributed by atoms with E-state index in [1.165, 1.54) is 32.4 Å². The van der Waals surface area contributed by atoms with Crippen LogP contribution in [-0.2, 0) is 25.6 Å². The molecule has 35 heavy (non-hydrogen) atoms. The molecule has 0 bridgehead atoms. The summed E-state index contributed by atoms with van der Waals surface area (Å²) >= 11 is 2.02. The molecule has 3 amide bonds. The maximum atomic E-state index is 12.8. The number of halogens is 1. The topological polar surface area (TPSA) is 134 Å². The lowest BCUT2D eigenvalue weighted by Gasteiger charge is -2.17. The van der Waals surface area contributed by atoms with Crippen molar-refractivity contribution in [3.8, 4) is 11.5 Å². The lowest BCUT2D eigenvalue weighted by molar-refractivity contribution is -0.150. The Balaban J connectivity index is 1.80. The fourth-order valence-corrected chi connectivity index (χ4v) is 3.89. The number of nitrogens with zero attached hydrogens (tertiary/aromatic N) is 1. The molecule has 0 saturated carbocycles. The van der Waals surface area contributed by atoms with Crippen molar-refractivity contribution in [3.63, 3.8) is 0 Å². The SMILES string of the molecule is CCOC(=O)[C@@H](C)Oc1c(I)cc(/C=C2\NC(=O)N(Cc3ccc(C(=O)OC)o3)C2=O)cc1OC. The average Bonchev–Trinajstić information content (AvgIpc) is 3.40. The summed E-state index contributed by atoms with van der Waals surface area (Å²) in [6, 6.07) is 5.57. The lowest BCUT2D eigenvalue weighted by atomic mass is 10.1. The third kappa shape index (κ3) is 5.93. The van der Waals surface area contributed by atoms with Gasteiger partial charge in [-0.05, 0) is 72.3 Å². The number of hydrogen-bond donors (Lipinski definition) is 1. The third-order valence-corrected chi connectivity index (χ3v) is 5.60. The standard InChI is InChI=1S/C23H23IN2O9/c1-5-33-21(28)12(2)34-19-15(24)8-13(10-18(19)31-3)9-16-20(27)26(23(30)25-16)11-14-6-7-17(35-14)22(29)32-4/h6-10,12H,5,11H2,1-4H3,(H,25,30)/b16-9-/t12-/m1/s1. The van der Waals surface area contributed by atoms with E-state index in [0.717, 1.165) is 4.90 Å². The number of amides is 3. The fraction of sp³-hybridized carbons (Fsp3) is 0.304. The van der Waals surface area contributed by atoms with Gasteiger partial charge >= 0.3 is 18.0 Å². The van der Waals surface area contributed by atoms with Crippen LogP contribution in [0.1, 0.15) is 35.7 Å². The first-order chi connectivity index (χ1) is 16.7. The number of methoxy groups -OCH3 is 2. The Labute approximate surface area is 214 Å². The molecule has 2 aromatic rings. The second-order valence-electron chi connectivity index (χ2n) is 7.18. The van der Waals surface area contributed by atoms with Gasteiger partial charge in [-0.15, -0.1) is 0 Å². The number of rotatable bonds is 9. The molecule has 1 saturated heterocycles. The van der Waals surface area contributed by atoms with Crippen LogP contribution >= 0.6 is 22.6 Å². The summed E-state index contributed by atoms with van der Waals surface area (Å²) in [6.07, 6.45) is 0.637. The zero-order valence-corrected chi connectivity index (χ0v) is 21.5. The van der Waals surface area contributed by atoms with E-state index in [4.69, 9.17) is 18.6 Å². The van der Waals surface area contributed by atoms with E-state index in [1.54, 1.807) is 26.0 Å². The van der Waals surface area contributed by atoms with Gasteiger partial charge < -0.3 is 28.7 Å². The Morgan fingerprint density at radius 3 is 2.63 bits per heavy atom. The summed E-state index contributed by atoms with van der Waals surface area (Å²) in [6.45, 7) is 3.34. The maximum Gasteiger partial charge on any atom is 0.373 e. The molecule has 1 N–H and O–H groups in total. The van der Waals surface area contributed by atoms with E-state index in [0.29, 0.717) is 20.6 Å². The number of ether oxygens (including phenoxy) is 4. The van der Waals surface area contributed by atoms with Crippen LogP contribution in [0.25, 0.3) is 6.08 Å². The molecular formula is C23H23IN2O9.